The van der Waals surface area contributed by atoms with Crippen LogP contribution in [0.25, 0.3) is 11.0 Å². The number of carbonyl (C=O) groups is 2. The van der Waals surface area contributed by atoms with Crippen molar-refractivity contribution in [2.24, 2.45) is 4.99 Å². The van der Waals surface area contributed by atoms with Crippen molar-refractivity contribution >= 4 is 28.5 Å². The molecule has 0 saturated carbocycles. The number of ether oxygens (including phenoxy) is 3. The van der Waals surface area contributed by atoms with E-state index in [1.807, 2.05) is 12.1 Å². The van der Waals surface area contributed by atoms with Gasteiger partial charge in [-0.3, -0.25) is 4.79 Å². The zero-order chi connectivity index (χ0) is 22.5. The molecule has 1 aliphatic rings. The van der Waals surface area contributed by atoms with Gasteiger partial charge in [0.1, 0.15) is 5.56 Å². The number of esters is 1. The van der Waals surface area contributed by atoms with Crippen molar-refractivity contribution in [1.82, 2.24) is 5.32 Å². The van der Waals surface area contributed by atoms with E-state index in [2.05, 4.69) is 10.3 Å². The average Bonchev–Trinajstić information content (AvgIpc) is 3.35. The van der Waals surface area contributed by atoms with E-state index in [-0.39, 0.29) is 17.6 Å². The topological polar surface area (TPSA) is 99.4 Å². The number of amides is 1. The highest BCUT2D eigenvalue weighted by Gasteiger charge is 2.19. The highest BCUT2D eigenvalue weighted by molar-refractivity contribution is 5.97. The zero-order valence-electron chi connectivity index (χ0n) is 17.9. The highest BCUT2D eigenvalue weighted by atomic mass is 16.5. The first-order valence-corrected chi connectivity index (χ1v) is 10.3. The SMILES string of the molecule is COC(=O)c1ccc(N=c2oc3c(OC)cccc3cc2C(=O)NCC2CCCO2)cc1. The van der Waals surface area contributed by atoms with Crippen LogP contribution in [0.5, 0.6) is 5.75 Å². The molecule has 1 N–H and O–H groups in total. The molecule has 1 unspecified atom stereocenters. The third-order valence-electron chi connectivity index (χ3n) is 5.24. The van der Waals surface area contributed by atoms with Gasteiger partial charge in [0.05, 0.1) is 31.6 Å². The van der Waals surface area contributed by atoms with Crippen molar-refractivity contribution in [3.8, 4) is 5.75 Å². The molecule has 1 saturated heterocycles. The van der Waals surface area contributed by atoms with E-state index in [1.54, 1.807) is 43.5 Å². The Morgan fingerprint density at radius 3 is 2.66 bits per heavy atom. The van der Waals surface area contributed by atoms with E-state index in [9.17, 15) is 9.59 Å². The maximum atomic E-state index is 13.0. The van der Waals surface area contributed by atoms with Crippen LogP contribution in [-0.4, -0.2) is 45.4 Å². The Morgan fingerprint density at radius 2 is 1.97 bits per heavy atom. The quantitative estimate of drug-likeness (QED) is 0.595. The van der Waals surface area contributed by atoms with Crippen molar-refractivity contribution in [2.45, 2.75) is 18.9 Å². The summed E-state index contributed by atoms with van der Waals surface area (Å²) in [4.78, 5) is 29.2. The summed E-state index contributed by atoms with van der Waals surface area (Å²) < 4.78 is 21.7. The van der Waals surface area contributed by atoms with Gasteiger partial charge in [-0.25, -0.2) is 9.79 Å². The minimum atomic E-state index is -0.439. The van der Waals surface area contributed by atoms with E-state index >= 15 is 0 Å². The smallest absolute Gasteiger partial charge is 0.337 e. The molecular formula is C24H24N2O6. The van der Waals surface area contributed by atoms with Gasteiger partial charge in [-0.1, -0.05) is 12.1 Å². The number of hydrogen-bond acceptors (Lipinski definition) is 7. The van der Waals surface area contributed by atoms with E-state index in [0.717, 1.165) is 12.8 Å². The van der Waals surface area contributed by atoms with E-state index < -0.39 is 5.97 Å². The van der Waals surface area contributed by atoms with Gasteiger partial charge < -0.3 is 23.9 Å². The molecule has 1 aromatic heterocycles. The first kappa shape index (κ1) is 21.6. The minimum absolute atomic E-state index is 0.0164. The second-order valence-electron chi connectivity index (χ2n) is 7.34. The third kappa shape index (κ3) is 4.65. The largest absolute Gasteiger partial charge is 0.493 e. The van der Waals surface area contributed by atoms with Crippen molar-refractivity contribution in [2.75, 3.05) is 27.4 Å². The fourth-order valence-electron chi connectivity index (χ4n) is 3.55. The lowest BCUT2D eigenvalue weighted by Gasteiger charge is -2.12. The maximum Gasteiger partial charge on any atom is 0.337 e. The van der Waals surface area contributed by atoms with Crippen molar-refractivity contribution in [1.29, 1.82) is 0 Å². The molecule has 1 aliphatic heterocycles. The first-order chi connectivity index (χ1) is 15.6. The van der Waals surface area contributed by atoms with Crippen LogP contribution in [0.15, 0.2) is 57.9 Å². The third-order valence-corrected chi connectivity index (χ3v) is 5.24. The molecule has 2 aromatic carbocycles. The normalized spacial score (nSPS) is 16.2. The molecule has 0 spiro atoms. The van der Waals surface area contributed by atoms with E-state index in [1.165, 1.54) is 7.11 Å². The second-order valence-corrected chi connectivity index (χ2v) is 7.34. The summed E-state index contributed by atoms with van der Waals surface area (Å²) in [6.07, 6.45) is 1.93. The summed E-state index contributed by atoms with van der Waals surface area (Å²) in [5.74, 6) is -0.212. The van der Waals surface area contributed by atoms with Gasteiger partial charge in [0.25, 0.3) is 5.91 Å². The molecule has 0 aliphatic carbocycles. The molecule has 2 heterocycles. The van der Waals surface area contributed by atoms with Gasteiger partial charge in [0, 0.05) is 18.5 Å². The Balaban J connectivity index is 1.75. The molecular weight excluding hydrogens is 412 g/mol. The first-order valence-electron chi connectivity index (χ1n) is 10.3. The van der Waals surface area contributed by atoms with Gasteiger partial charge in [-0.2, -0.15) is 0 Å². The molecule has 8 nitrogen and oxygen atoms in total. The monoisotopic (exact) mass is 436 g/mol. The van der Waals surface area contributed by atoms with E-state index in [4.69, 9.17) is 18.6 Å². The molecule has 8 heteroatoms. The van der Waals surface area contributed by atoms with Crippen LogP contribution in [0.4, 0.5) is 5.69 Å². The summed E-state index contributed by atoms with van der Waals surface area (Å²) in [7, 11) is 2.87. The Morgan fingerprint density at radius 1 is 1.16 bits per heavy atom. The number of benzene rings is 2. The lowest BCUT2D eigenvalue weighted by molar-refractivity contribution is 0.0600. The fraction of sp³-hybridized carbons (Fsp3) is 0.292. The number of nitrogens with zero attached hydrogens (tertiary/aromatic N) is 1. The van der Waals surface area contributed by atoms with Gasteiger partial charge in [0.15, 0.2) is 11.3 Å². The molecule has 1 amide bonds. The minimum Gasteiger partial charge on any atom is -0.493 e. The standard InChI is InChI=1S/C24H24N2O6/c1-29-20-7-3-5-16-13-19(22(27)25-14-18-6-4-12-31-18)23(32-21(16)20)26-17-10-8-15(9-11-17)24(28)30-2/h3,5,7-11,13,18H,4,6,12,14H2,1-2H3,(H,25,27). The molecule has 1 atom stereocenters. The van der Waals surface area contributed by atoms with Crippen LogP contribution >= 0.6 is 0 Å². The van der Waals surface area contributed by atoms with Crippen LogP contribution < -0.4 is 15.6 Å². The highest BCUT2D eigenvalue weighted by Crippen LogP contribution is 2.25. The number of carbonyl (C=O) groups excluding carboxylic acids is 2. The Labute approximate surface area is 184 Å². The predicted molar refractivity (Wildman–Crippen MR) is 117 cm³/mol. The summed E-state index contributed by atoms with van der Waals surface area (Å²) in [6, 6.07) is 13.7. The molecule has 3 aromatic rings. The Kier molecular flexibility index (Phi) is 6.51. The van der Waals surface area contributed by atoms with Gasteiger partial charge in [0.2, 0.25) is 5.55 Å². The summed E-state index contributed by atoms with van der Waals surface area (Å²) in [6.45, 7) is 1.13. The predicted octanol–water partition coefficient (Wildman–Crippen LogP) is 3.37. The molecule has 0 radical (unpaired) electrons. The van der Waals surface area contributed by atoms with Crippen molar-refractivity contribution in [3.05, 3.63) is 65.2 Å². The van der Waals surface area contributed by atoms with Crippen molar-refractivity contribution in [3.63, 3.8) is 0 Å². The van der Waals surface area contributed by atoms with Crippen LogP contribution in [0.2, 0.25) is 0 Å². The Bertz CT molecular complexity index is 1190. The molecule has 1 fully saturated rings. The summed E-state index contributed by atoms with van der Waals surface area (Å²) >= 11 is 0. The lowest BCUT2D eigenvalue weighted by Crippen LogP contribution is -2.34. The molecule has 32 heavy (non-hydrogen) atoms. The summed E-state index contributed by atoms with van der Waals surface area (Å²) in [5, 5.41) is 3.63. The van der Waals surface area contributed by atoms with Crippen LogP contribution in [0, 0.1) is 0 Å². The second kappa shape index (κ2) is 9.65. The van der Waals surface area contributed by atoms with E-state index in [0.29, 0.717) is 46.7 Å². The van der Waals surface area contributed by atoms with Crippen LogP contribution in [0.1, 0.15) is 33.6 Å². The number of methoxy groups -OCH3 is 2. The number of rotatable bonds is 6. The fourth-order valence-corrected chi connectivity index (χ4v) is 3.55. The Hall–Kier alpha value is -3.65. The van der Waals surface area contributed by atoms with Gasteiger partial charge in [-0.15, -0.1) is 0 Å². The number of para-hydroxylation sites is 1. The van der Waals surface area contributed by atoms with Crippen molar-refractivity contribution < 1.29 is 28.2 Å². The molecule has 0 bridgehead atoms. The molecule has 166 valence electrons. The van der Waals surface area contributed by atoms with Gasteiger partial charge >= 0.3 is 5.97 Å². The van der Waals surface area contributed by atoms with Crippen LogP contribution in [-0.2, 0) is 9.47 Å². The maximum absolute atomic E-state index is 13.0. The lowest BCUT2D eigenvalue weighted by atomic mass is 10.1. The average molecular weight is 436 g/mol. The summed E-state index contributed by atoms with van der Waals surface area (Å²) in [5.41, 5.74) is 1.83. The number of nitrogens with one attached hydrogen (secondary N) is 1. The van der Waals surface area contributed by atoms with Gasteiger partial charge in [-0.05, 0) is 49.2 Å². The number of fused-ring (bicyclic) bond motifs is 1. The zero-order valence-corrected chi connectivity index (χ0v) is 17.9. The van der Waals surface area contributed by atoms with Crippen LogP contribution in [0.3, 0.4) is 0 Å². The number of hydrogen-bond donors (Lipinski definition) is 1. The molecule has 4 rings (SSSR count).